The molecule has 1 aliphatic heterocycles. The van der Waals surface area contributed by atoms with Gasteiger partial charge in [0.1, 0.15) is 5.52 Å². The summed E-state index contributed by atoms with van der Waals surface area (Å²) in [6, 6.07) is 20.9. The van der Waals surface area contributed by atoms with Gasteiger partial charge in [0.25, 0.3) is 0 Å². The van der Waals surface area contributed by atoms with E-state index in [1.54, 1.807) is 0 Å². The number of fused-ring (bicyclic) bond motifs is 2. The van der Waals surface area contributed by atoms with Crippen molar-refractivity contribution in [2.24, 2.45) is 0 Å². The Kier molecular flexibility index (Phi) is 5.69. The van der Waals surface area contributed by atoms with Crippen LogP contribution in [0.4, 0.5) is 11.4 Å². The van der Waals surface area contributed by atoms with Crippen molar-refractivity contribution in [2.75, 3.05) is 36.4 Å². The van der Waals surface area contributed by atoms with Crippen molar-refractivity contribution >= 4 is 28.1 Å². The lowest BCUT2D eigenvalue weighted by Crippen LogP contribution is -2.51. The van der Waals surface area contributed by atoms with Crippen molar-refractivity contribution in [1.82, 2.24) is 10.1 Å². The minimum absolute atomic E-state index is 0.0283. The van der Waals surface area contributed by atoms with Crippen molar-refractivity contribution in [1.29, 1.82) is 0 Å². The number of benzene rings is 3. The summed E-state index contributed by atoms with van der Waals surface area (Å²) >= 11 is 0. The topological polar surface area (TPSA) is 61.6 Å². The molecule has 0 bridgehead atoms. The van der Waals surface area contributed by atoms with Gasteiger partial charge in [0.2, 0.25) is 0 Å². The molecule has 3 aromatic carbocycles. The first-order valence-corrected chi connectivity index (χ1v) is 13.7. The standard InChI is InChI=1S/C31H32N4O2/c36-30-23-13-7-8-14-24(23)31-28-27(30)25(32-20-21-9-3-1-4-10-21)19-26(29(28)33-37-31)35-17-15-34(16-18-35)22-11-5-2-6-12-22/h1,3-4,7-10,13-14,19,22,32H,2,5-6,11-12,15-18,20H2. The maximum absolute atomic E-state index is 13.8. The first-order chi connectivity index (χ1) is 18.3. The van der Waals surface area contributed by atoms with Crippen molar-refractivity contribution in [2.45, 2.75) is 44.7 Å². The molecular formula is C31H32N4O2. The molecule has 4 aromatic rings. The van der Waals surface area contributed by atoms with Crippen LogP contribution in [-0.2, 0) is 6.54 Å². The van der Waals surface area contributed by atoms with Gasteiger partial charge >= 0.3 is 0 Å². The third-order valence-electron chi connectivity index (χ3n) is 8.45. The zero-order valence-corrected chi connectivity index (χ0v) is 21.1. The number of hydrogen-bond donors (Lipinski definition) is 1. The van der Waals surface area contributed by atoms with Crippen LogP contribution in [0.1, 0.15) is 53.6 Å². The first-order valence-electron chi connectivity index (χ1n) is 13.7. The summed E-state index contributed by atoms with van der Waals surface area (Å²) in [5.41, 5.74) is 6.05. The smallest absolute Gasteiger partial charge is 0.196 e. The summed E-state index contributed by atoms with van der Waals surface area (Å²) < 4.78 is 5.97. The molecular weight excluding hydrogens is 460 g/mol. The molecule has 1 aromatic heterocycles. The molecule has 1 N–H and O–H groups in total. The van der Waals surface area contributed by atoms with Crippen molar-refractivity contribution in [3.05, 3.63) is 77.4 Å². The Morgan fingerprint density at radius 3 is 2.41 bits per heavy atom. The fraction of sp³-hybridized carbons (Fsp3) is 0.355. The second-order valence-corrected chi connectivity index (χ2v) is 10.6. The Morgan fingerprint density at radius 1 is 0.892 bits per heavy atom. The van der Waals surface area contributed by atoms with E-state index in [0.29, 0.717) is 23.4 Å². The van der Waals surface area contributed by atoms with Crippen LogP contribution in [0.3, 0.4) is 0 Å². The monoisotopic (exact) mass is 492 g/mol. The molecule has 0 unspecified atom stereocenters. The van der Waals surface area contributed by atoms with Gasteiger partial charge in [0, 0.05) is 55.6 Å². The Balaban J connectivity index is 1.28. The number of nitrogens with zero attached hydrogens (tertiary/aromatic N) is 3. The van der Waals surface area contributed by atoms with E-state index in [2.05, 4.69) is 38.5 Å². The van der Waals surface area contributed by atoms with E-state index in [0.717, 1.165) is 60.1 Å². The molecule has 7 rings (SSSR count). The number of nitrogens with one attached hydrogen (secondary N) is 1. The van der Waals surface area contributed by atoms with Crippen molar-refractivity contribution in [3.8, 4) is 11.3 Å². The zero-order chi connectivity index (χ0) is 24.8. The summed E-state index contributed by atoms with van der Waals surface area (Å²) in [4.78, 5) is 18.9. The van der Waals surface area contributed by atoms with Crippen LogP contribution in [0.2, 0.25) is 0 Å². The summed E-state index contributed by atoms with van der Waals surface area (Å²) in [6.45, 7) is 4.68. The highest BCUT2D eigenvalue weighted by atomic mass is 16.5. The van der Waals surface area contributed by atoms with E-state index in [1.165, 1.54) is 37.7 Å². The predicted octanol–water partition coefficient (Wildman–Crippen LogP) is 6.11. The summed E-state index contributed by atoms with van der Waals surface area (Å²) in [5.74, 6) is 0.728. The molecule has 1 saturated carbocycles. The predicted molar refractivity (Wildman–Crippen MR) is 147 cm³/mol. The van der Waals surface area contributed by atoms with Gasteiger partial charge in [-0.2, -0.15) is 0 Å². The van der Waals surface area contributed by atoms with Crippen molar-refractivity contribution in [3.63, 3.8) is 0 Å². The Morgan fingerprint density at radius 2 is 1.62 bits per heavy atom. The minimum Gasteiger partial charge on any atom is -0.380 e. The van der Waals surface area contributed by atoms with E-state index >= 15 is 0 Å². The molecule has 6 heteroatoms. The van der Waals surface area contributed by atoms with Gasteiger partial charge in [0.05, 0.1) is 16.6 Å². The van der Waals surface area contributed by atoms with Crippen molar-refractivity contribution < 1.29 is 9.32 Å². The number of anilines is 2. The van der Waals surface area contributed by atoms with Crippen LogP contribution in [0.5, 0.6) is 0 Å². The van der Waals surface area contributed by atoms with Crippen LogP contribution >= 0.6 is 0 Å². The fourth-order valence-corrected chi connectivity index (χ4v) is 6.49. The number of hydrogen-bond acceptors (Lipinski definition) is 6. The second kappa shape index (κ2) is 9.34. The van der Waals surface area contributed by atoms with Crippen LogP contribution in [0.25, 0.3) is 22.2 Å². The van der Waals surface area contributed by atoms with E-state index in [-0.39, 0.29) is 5.78 Å². The number of aromatic nitrogens is 1. The molecule has 0 radical (unpaired) electrons. The Labute approximate surface area is 217 Å². The molecule has 1 saturated heterocycles. The van der Waals surface area contributed by atoms with E-state index < -0.39 is 0 Å². The molecule has 0 spiro atoms. The third-order valence-corrected chi connectivity index (χ3v) is 8.45. The highest BCUT2D eigenvalue weighted by Crippen LogP contribution is 2.46. The lowest BCUT2D eigenvalue weighted by molar-refractivity contribution is 0.104. The van der Waals surface area contributed by atoms with Gasteiger partial charge in [-0.3, -0.25) is 9.69 Å². The number of carbonyl (C=O) groups excluding carboxylic acids is 1. The maximum Gasteiger partial charge on any atom is 0.196 e. The lowest BCUT2D eigenvalue weighted by atomic mass is 9.86. The van der Waals surface area contributed by atoms with Gasteiger partial charge in [0.15, 0.2) is 11.5 Å². The molecule has 6 nitrogen and oxygen atoms in total. The molecule has 2 fully saturated rings. The Hall–Kier alpha value is -3.64. The molecule has 2 heterocycles. The van der Waals surface area contributed by atoms with E-state index in [9.17, 15) is 4.79 Å². The van der Waals surface area contributed by atoms with Gasteiger partial charge in [-0.25, -0.2) is 0 Å². The molecule has 2 aliphatic carbocycles. The quantitative estimate of drug-likeness (QED) is 0.320. The molecule has 0 atom stereocenters. The largest absolute Gasteiger partial charge is 0.380 e. The number of piperazine rings is 1. The van der Waals surface area contributed by atoms with Gasteiger partial charge in [-0.1, -0.05) is 79.0 Å². The summed E-state index contributed by atoms with van der Waals surface area (Å²) in [7, 11) is 0. The second-order valence-electron chi connectivity index (χ2n) is 10.6. The number of ketones is 1. The molecule has 188 valence electrons. The lowest BCUT2D eigenvalue weighted by Gasteiger charge is -2.41. The van der Waals surface area contributed by atoms with E-state index in [1.807, 2.05) is 42.5 Å². The van der Waals surface area contributed by atoms with Gasteiger partial charge in [-0.05, 0) is 24.5 Å². The molecule has 3 aliphatic rings. The highest BCUT2D eigenvalue weighted by molar-refractivity contribution is 6.28. The first kappa shape index (κ1) is 22.5. The maximum atomic E-state index is 13.8. The molecule has 0 amide bonds. The van der Waals surface area contributed by atoms with Gasteiger partial charge < -0.3 is 14.7 Å². The summed E-state index contributed by atoms with van der Waals surface area (Å²) in [5, 5.41) is 8.99. The average Bonchev–Trinajstić information content (AvgIpc) is 3.41. The highest BCUT2D eigenvalue weighted by Gasteiger charge is 2.34. The SMILES string of the molecule is O=C1c2ccccc2-c2onc3c(N4CCN(C5CCCCC5)CC4)cc(NCc4ccccc4)c1c23. The Bertz CT molecular complexity index is 1450. The number of carbonyl (C=O) groups is 1. The fourth-order valence-electron chi connectivity index (χ4n) is 6.49. The van der Waals surface area contributed by atoms with Gasteiger partial charge in [-0.15, -0.1) is 0 Å². The minimum atomic E-state index is 0.0283. The van der Waals surface area contributed by atoms with Crippen LogP contribution < -0.4 is 10.2 Å². The average molecular weight is 493 g/mol. The normalized spacial score (nSPS) is 18.3. The van der Waals surface area contributed by atoms with E-state index in [4.69, 9.17) is 4.52 Å². The van der Waals surface area contributed by atoms with Crippen LogP contribution in [0, 0.1) is 0 Å². The molecule has 37 heavy (non-hydrogen) atoms. The third kappa shape index (κ3) is 3.91. The zero-order valence-electron chi connectivity index (χ0n) is 21.1. The van der Waals surface area contributed by atoms with Crippen LogP contribution in [0.15, 0.2) is 65.2 Å². The van der Waals surface area contributed by atoms with Crippen LogP contribution in [-0.4, -0.2) is 48.1 Å². The number of rotatable bonds is 5. The summed E-state index contributed by atoms with van der Waals surface area (Å²) in [6.07, 6.45) is 6.78.